The summed E-state index contributed by atoms with van der Waals surface area (Å²) in [7, 11) is 0. The van der Waals surface area contributed by atoms with Crippen molar-refractivity contribution in [3.63, 3.8) is 0 Å². The lowest BCUT2D eigenvalue weighted by atomic mass is 9.96. The van der Waals surface area contributed by atoms with Gasteiger partial charge >= 0.3 is 0 Å². The second kappa shape index (κ2) is 6.48. The summed E-state index contributed by atoms with van der Waals surface area (Å²) in [4.78, 5) is 0. The number of fused-ring (bicyclic) bond motifs is 1. The molecule has 1 fully saturated rings. The zero-order chi connectivity index (χ0) is 13.9. The van der Waals surface area contributed by atoms with Gasteiger partial charge in [-0.15, -0.1) is 0 Å². The monoisotopic (exact) mass is 337 g/mol. The number of hydrogen-bond acceptors (Lipinski definition) is 2. The first-order chi connectivity index (χ1) is 9.74. The largest absolute Gasteiger partial charge is 0.493 e. The van der Waals surface area contributed by atoms with Crippen LogP contribution in [0.25, 0.3) is 0 Å². The van der Waals surface area contributed by atoms with Crippen LogP contribution in [0.15, 0.2) is 22.7 Å². The molecule has 3 heteroatoms. The van der Waals surface area contributed by atoms with E-state index in [-0.39, 0.29) is 0 Å². The van der Waals surface area contributed by atoms with Crippen molar-refractivity contribution in [1.29, 1.82) is 0 Å². The predicted molar refractivity (Wildman–Crippen MR) is 86.1 cm³/mol. The smallest absolute Gasteiger partial charge is 0.125 e. The van der Waals surface area contributed by atoms with E-state index in [1.807, 2.05) is 0 Å². The van der Waals surface area contributed by atoms with E-state index in [1.165, 1.54) is 31.2 Å². The van der Waals surface area contributed by atoms with Gasteiger partial charge in [-0.1, -0.05) is 41.8 Å². The van der Waals surface area contributed by atoms with Crippen LogP contribution < -0.4 is 10.1 Å². The van der Waals surface area contributed by atoms with Gasteiger partial charge in [0.15, 0.2) is 0 Å². The number of ether oxygens (including phenoxy) is 1. The van der Waals surface area contributed by atoms with E-state index in [4.69, 9.17) is 4.74 Å². The van der Waals surface area contributed by atoms with Crippen LogP contribution in [0.2, 0.25) is 0 Å². The molecule has 3 unspecified atom stereocenters. The van der Waals surface area contributed by atoms with Crippen molar-refractivity contribution in [2.24, 2.45) is 11.8 Å². The molecule has 3 rings (SSSR count). The average Bonchev–Trinajstić information content (AvgIpc) is 2.73. The molecule has 1 aliphatic heterocycles. The minimum atomic E-state index is 0.452. The summed E-state index contributed by atoms with van der Waals surface area (Å²) < 4.78 is 6.98. The van der Waals surface area contributed by atoms with Gasteiger partial charge < -0.3 is 10.1 Å². The van der Waals surface area contributed by atoms with Gasteiger partial charge in [-0.25, -0.2) is 0 Å². The van der Waals surface area contributed by atoms with E-state index in [9.17, 15) is 0 Å². The van der Waals surface area contributed by atoms with Gasteiger partial charge in [-0.3, -0.25) is 0 Å². The van der Waals surface area contributed by atoms with Crippen LogP contribution in [0.3, 0.4) is 0 Å². The van der Waals surface area contributed by atoms with E-state index in [0.29, 0.717) is 6.04 Å². The van der Waals surface area contributed by atoms with Gasteiger partial charge in [-0.05, 0) is 49.8 Å². The van der Waals surface area contributed by atoms with Crippen molar-refractivity contribution in [2.75, 3.05) is 13.2 Å². The number of rotatable bonds is 3. The maximum Gasteiger partial charge on any atom is 0.125 e. The van der Waals surface area contributed by atoms with Crippen LogP contribution in [0, 0.1) is 11.8 Å². The molecule has 1 aromatic rings. The minimum Gasteiger partial charge on any atom is -0.493 e. The molecule has 1 saturated carbocycles. The zero-order valence-corrected chi connectivity index (χ0v) is 13.8. The first kappa shape index (κ1) is 14.4. The topological polar surface area (TPSA) is 21.3 Å². The number of halogens is 1. The molecule has 0 amide bonds. The SMILES string of the molecule is CC1CCCC1CNC1CCCOc2cc(Br)ccc21. The van der Waals surface area contributed by atoms with Crippen LogP contribution >= 0.6 is 15.9 Å². The fraction of sp³-hybridized carbons (Fsp3) is 0.647. The van der Waals surface area contributed by atoms with E-state index >= 15 is 0 Å². The molecule has 2 nitrogen and oxygen atoms in total. The van der Waals surface area contributed by atoms with Gasteiger partial charge in [0, 0.05) is 16.1 Å². The lowest BCUT2D eigenvalue weighted by Gasteiger charge is -2.23. The summed E-state index contributed by atoms with van der Waals surface area (Å²) in [5, 5.41) is 3.81. The number of hydrogen-bond donors (Lipinski definition) is 1. The lowest BCUT2D eigenvalue weighted by molar-refractivity contribution is 0.313. The Bertz CT molecular complexity index is 462. The summed E-state index contributed by atoms with van der Waals surface area (Å²) in [6, 6.07) is 6.89. The zero-order valence-electron chi connectivity index (χ0n) is 12.2. The van der Waals surface area contributed by atoms with Gasteiger partial charge in [0.05, 0.1) is 6.61 Å². The van der Waals surface area contributed by atoms with E-state index in [2.05, 4.69) is 46.4 Å². The van der Waals surface area contributed by atoms with Gasteiger partial charge in [0.2, 0.25) is 0 Å². The molecule has 1 heterocycles. The normalized spacial score (nSPS) is 29.6. The molecule has 1 N–H and O–H groups in total. The molecule has 1 aliphatic carbocycles. The molecule has 0 saturated heterocycles. The highest BCUT2D eigenvalue weighted by Crippen LogP contribution is 2.35. The van der Waals surface area contributed by atoms with E-state index < -0.39 is 0 Å². The summed E-state index contributed by atoms with van der Waals surface area (Å²) in [6.45, 7) is 4.39. The van der Waals surface area contributed by atoms with Crippen molar-refractivity contribution < 1.29 is 4.74 Å². The highest BCUT2D eigenvalue weighted by Gasteiger charge is 2.25. The molecule has 2 aliphatic rings. The highest BCUT2D eigenvalue weighted by atomic mass is 79.9. The molecule has 0 aromatic heterocycles. The summed E-state index contributed by atoms with van der Waals surface area (Å²) in [5.74, 6) is 2.79. The summed E-state index contributed by atoms with van der Waals surface area (Å²) in [6.07, 6.45) is 6.51. The summed E-state index contributed by atoms with van der Waals surface area (Å²) >= 11 is 3.54. The second-order valence-corrected chi connectivity index (χ2v) is 7.22. The van der Waals surface area contributed by atoms with Crippen molar-refractivity contribution in [3.05, 3.63) is 28.2 Å². The standard InChI is InChI=1S/C17H24BrNO/c1-12-4-2-5-13(12)11-19-16-6-3-9-20-17-10-14(18)7-8-15(16)17/h7-8,10,12-13,16,19H,2-6,9,11H2,1H3. The van der Waals surface area contributed by atoms with Crippen molar-refractivity contribution in [1.82, 2.24) is 5.32 Å². The van der Waals surface area contributed by atoms with E-state index in [0.717, 1.165) is 41.6 Å². The molecule has 0 spiro atoms. The molecule has 3 atom stereocenters. The maximum atomic E-state index is 5.88. The number of nitrogens with one attached hydrogen (secondary N) is 1. The van der Waals surface area contributed by atoms with Crippen LogP contribution in [-0.2, 0) is 0 Å². The molecule has 20 heavy (non-hydrogen) atoms. The number of benzene rings is 1. The Hall–Kier alpha value is -0.540. The van der Waals surface area contributed by atoms with Crippen molar-refractivity contribution in [3.8, 4) is 5.75 Å². The second-order valence-electron chi connectivity index (χ2n) is 6.30. The van der Waals surface area contributed by atoms with E-state index in [1.54, 1.807) is 0 Å². The Morgan fingerprint density at radius 1 is 1.25 bits per heavy atom. The molecular formula is C17H24BrNO. The maximum absolute atomic E-state index is 5.88. The third-order valence-electron chi connectivity index (χ3n) is 4.91. The Morgan fingerprint density at radius 2 is 2.15 bits per heavy atom. The van der Waals surface area contributed by atoms with Gasteiger partial charge in [0.1, 0.15) is 5.75 Å². The van der Waals surface area contributed by atoms with Gasteiger partial charge in [-0.2, -0.15) is 0 Å². The van der Waals surface area contributed by atoms with Crippen molar-refractivity contribution in [2.45, 2.75) is 45.1 Å². The quantitative estimate of drug-likeness (QED) is 0.863. The lowest BCUT2D eigenvalue weighted by Crippen LogP contribution is -2.28. The Balaban J connectivity index is 1.70. The van der Waals surface area contributed by atoms with Crippen LogP contribution in [0.1, 0.15) is 50.6 Å². The van der Waals surface area contributed by atoms with Gasteiger partial charge in [0.25, 0.3) is 0 Å². The van der Waals surface area contributed by atoms with Crippen LogP contribution in [0.5, 0.6) is 5.75 Å². The third kappa shape index (κ3) is 3.20. The Morgan fingerprint density at radius 3 is 2.95 bits per heavy atom. The third-order valence-corrected chi connectivity index (χ3v) is 5.40. The minimum absolute atomic E-state index is 0.452. The molecule has 1 aromatic carbocycles. The van der Waals surface area contributed by atoms with Crippen molar-refractivity contribution >= 4 is 15.9 Å². The summed E-state index contributed by atoms with van der Waals surface area (Å²) in [5.41, 5.74) is 1.33. The fourth-order valence-corrected chi connectivity index (χ4v) is 3.92. The van der Waals surface area contributed by atoms with Crippen LogP contribution in [-0.4, -0.2) is 13.2 Å². The molecule has 110 valence electrons. The fourth-order valence-electron chi connectivity index (χ4n) is 3.58. The Kier molecular flexibility index (Phi) is 4.67. The predicted octanol–water partition coefficient (Wildman–Crippen LogP) is 4.69. The van der Waals surface area contributed by atoms with Crippen LogP contribution in [0.4, 0.5) is 0 Å². The average molecular weight is 338 g/mol. The molecular weight excluding hydrogens is 314 g/mol. The molecule has 0 radical (unpaired) electrons. The molecule has 0 bridgehead atoms. The Labute approximate surface area is 130 Å². The first-order valence-electron chi connectivity index (χ1n) is 7.89. The first-order valence-corrected chi connectivity index (χ1v) is 8.69. The highest BCUT2D eigenvalue weighted by molar-refractivity contribution is 9.10.